The first-order valence-corrected chi connectivity index (χ1v) is 5.24. The lowest BCUT2D eigenvalue weighted by Crippen LogP contribution is -2.47. The summed E-state index contributed by atoms with van der Waals surface area (Å²) in [4.78, 5) is 1.43. The molecule has 6 nitrogen and oxygen atoms in total. The highest BCUT2D eigenvalue weighted by atomic mass is 16.3. The van der Waals surface area contributed by atoms with Gasteiger partial charge in [0.05, 0.1) is 20.2 Å². The highest BCUT2D eigenvalue weighted by Gasteiger charge is 2.24. The fourth-order valence-electron chi connectivity index (χ4n) is 1.44. The third kappa shape index (κ3) is 2.97. The fourth-order valence-corrected chi connectivity index (χ4v) is 1.44. The lowest BCUT2D eigenvalue weighted by Gasteiger charge is -2.30. The molecule has 0 amide bonds. The number of aromatic nitrogens is 4. The van der Waals surface area contributed by atoms with Crippen LogP contribution in [-0.2, 0) is 13.6 Å². The molecule has 0 unspecified atom stereocenters. The van der Waals surface area contributed by atoms with Gasteiger partial charge >= 0.3 is 0 Å². The zero-order valence-electron chi connectivity index (χ0n) is 9.56. The Bertz CT molecular complexity index is 286. The van der Waals surface area contributed by atoms with Crippen molar-refractivity contribution in [3.8, 4) is 0 Å². The Morgan fingerprint density at radius 2 is 2.07 bits per heavy atom. The molecule has 0 radical (unpaired) electrons. The molecule has 0 bridgehead atoms. The summed E-state index contributed by atoms with van der Waals surface area (Å²) in [5, 5.41) is 24.3. The van der Waals surface area contributed by atoms with Gasteiger partial charge in [-0.2, -0.15) is 4.80 Å². The Balaban J connectivity index is 2.54. The highest BCUT2D eigenvalue weighted by Crippen LogP contribution is 2.14. The van der Waals surface area contributed by atoms with E-state index in [1.807, 2.05) is 0 Å². The van der Waals surface area contributed by atoms with Gasteiger partial charge in [0, 0.05) is 5.54 Å². The van der Waals surface area contributed by atoms with Crippen LogP contribution in [0.3, 0.4) is 0 Å². The topological polar surface area (TPSA) is 75.9 Å². The number of nitrogens with one attached hydrogen (secondary N) is 1. The molecule has 0 saturated carbocycles. The van der Waals surface area contributed by atoms with E-state index in [2.05, 4.69) is 34.6 Å². The van der Waals surface area contributed by atoms with E-state index in [1.165, 1.54) is 4.80 Å². The number of aliphatic hydroxyl groups excluding tert-OH is 1. The number of nitrogens with zero attached hydrogens (tertiary/aromatic N) is 4. The van der Waals surface area contributed by atoms with E-state index in [-0.39, 0.29) is 12.1 Å². The van der Waals surface area contributed by atoms with Gasteiger partial charge in [-0.3, -0.25) is 0 Å². The minimum Gasteiger partial charge on any atom is -0.394 e. The van der Waals surface area contributed by atoms with Crippen molar-refractivity contribution >= 4 is 0 Å². The van der Waals surface area contributed by atoms with Crippen molar-refractivity contribution in [3.05, 3.63) is 5.82 Å². The Kier molecular flexibility index (Phi) is 4.16. The quantitative estimate of drug-likeness (QED) is 0.687. The van der Waals surface area contributed by atoms with E-state index in [4.69, 9.17) is 0 Å². The van der Waals surface area contributed by atoms with Crippen LogP contribution in [0.25, 0.3) is 0 Å². The van der Waals surface area contributed by atoms with Crippen molar-refractivity contribution in [1.29, 1.82) is 0 Å². The SMILES string of the molecule is CCC(CC)(CO)NCc1nnn(C)n1. The van der Waals surface area contributed by atoms with Crippen LogP contribution in [-0.4, -0.2) is 37.5 Å². The third-order valence-electron chi connectivity index (χ3n) is 2.83. The first-order chi connectivity index (χ1) is 7.15. The number of hydrogen-bond donors (Lipinski definition) is 2. The van der Waals surface area contributed by atoms with Crippen LogP contribution in [0.1, 0.15) is 32.5 Å². The van der Waals surface area contributed by atoms with Crippen molar-refractivity contribution in [2.45, 2.75) is 38.8 Å². The average Bonchev–Trinajstić information content (AvgIpc) is 2.67. The maximum Gasteiger partial charge on any atom is 0.188 e. The van der Waals surface area contributed by atoms with Crippen LogP contribution in [0, 0.1) is 0 Å². The van der Waals surface area contributed by atoms with Gasteiger partial charge in [-0.05, 0) is 18.1 Å². The number of aryl methyl sites for hydroxylation is 1. The van der Waals surface area contributed by atoms with Gasteiger partial charge in [0.2, 0.25) is 0 Å². The molecule has 6 heteroatoms. The van der Waals surface area contributed by atoms with Gasteiger partial charge in [-0.1, -0.05) is 13.8 Å². The maximum absolute atomic E-state index is 9.34. The van der Waals surface area contributed by atoms with E-state index >= 15 is 0 Å². The Morgan fingerprint density at radius 3 is 2.47 bits per heavy atom. The van der Waals surface area contributed by atoms with Gasteiger partial charge in [0.15, 0.2) is 5.82 Å². The standard InChI is InChI=1S/C9H19N5O/c1-4-9(5-2,7-15)10-6-8-11-13-14(3)12-8/h10,15H,4-7H2,1-3H3. The molecule has 86 valence electrons. The summed E-state index contributed by atoms with van der Waals surface area (Å²) in [6.07, 6.45) is 1.75. The van der Waals surface area contributed by atoms with E-state index in [0.717, 1.165) is 12.8 Å². The molecule has 0 aliphatic rings. The van der Waals surface area contributed by atoms with Crippen LogP contribution in [0.5, 0.6) is 0 Å². The molecule has 0 aromatic carbocycles. The van der Waals surface area contributed by atoms with Crippen molar-refractivity contribution < 1.29 is 5.11 Å². The van der Waals surface area contributed by atoms with Gasteiger partial charge < -0.3 is 10.4 Å². The highest BCUT2D eigenvalue weighted by molar-refractivity contribution is 4.87. The van der Waals surface area contributed by atoms with Gasteiger partial charge in [-0.15, -0.1) is 10.2 Å². The average molecular weight is 213 g/mol. The van der Waals surface area contributed by atoms with Crippen molar-refractivity contribution in [2.24, 2.45) is 7.05 Å². The molecule has 1 heterocycles. The van der Waals surface area contributed by atoms with Gasteiger partial charge in [0.25, 0.3) is 0 Å². The summed E-state index contributed by atoms with van der Waals surface area (Å²) in [6.45, 7) is 4.77. The molecule has 0 atom stereocenters. The second-order valence-electron chi connectivity index (χ2n) is 3.69. The molecule has 0 saturated heterocycles. The lowest BCUT2D eigenvalue weighted by atomic mass is 9.94. The second kappa shape index (κ2) is 5.18. The Hall–Kier alpha value is -1.01. The molecular formula is C9H19N5O. The van der Waals surface area contributed by atoms with Crippen molar-refractivity contribution in [1.82, 2.24) is 25.5 Å². The summed E-state index contributed by atoms with van der Waals surface area (Å²) in [6, 6.07) is 0. The smallest absolute Gasteiger partial charge is 0.188 e. The summed E-state index contributed by atoms with van der Waals surface area (Å²) < 4.78 is 0. The zero-order valence-corrected chi connectivity index (χ0v) is 9.56. The molecule has 0 aliphatic heterocycles. The normalized spacial score (nSPS) is 12.0. The minimum atomic E-state index is -0.223. The van der Waals surface area contributed by atoms with Crippen LogP contribution in [0.2, 0.25) is 0 Å². The predicted octanol–water partition coefficient (Wildman–Crippen LogP) is -0.149. The van der Waals surface area contributed by atoms with Crippen LogP contribution >= 0.6 is 0 Å². The number of hydrogen-bond acceptors (Lipinski definition) is 5. The van der Waals surface area contributed by atoms with E-state index in [9.17, 15) is 5.11 Å². The molecule has 0 fully saturated rings. The molecule has 15 heavy (non-hydrogen) atoms. The summed E-state index contributed by atoms with van der Waals surface area (Å²) in [5.41, 5.74) is -0.223. The molecule has 1 rings (SSSR count). The maximum atomic E-state index is 9.34. The molecule has 1 aromatic rings. The van der Waals surface area contributed by atoms with Crippen LogP contribution in [0.15, 0.2) is 0 Å². The Morgan fingerprint density at radius 1 is 1.40 bits per heavy atom. The van der Waals surface area contributed by atoms with Crippen molar-refractivity contribution in [3.63, 3.8) is 0 Å². The first kappa shape index (κ1) is 12.1. The molecular weight excluding hydrogens is 194 g/mol. The van der Waals surface area contributed by atoms with E-state index in [0.29, 0.717) is 12.4 Å². The lowest BCUT2D eigenvalue weighted by molar-refractivity contribution is 0.148. The van der Waals surface area contributed by atoms with Gasteiger partial charge in [-0.25, -0.2) is 0 Å². The first-order valence-electron chi connectivity index (χ1n) is 5.24. The second-order valence-corrected chi connectivity index (χ2v) is 3.69. The van der Waals surface area contributed by atoms with E-state index < -0.39 is 0 Å². The van der Waals surface area contributed by atoms with E-state index in [1.54, 1.807) is 7.05 Å². The monoisotopic (exact) mass is 213 g/mol. The molecule has 1 aromatic heterocycles. The number of tetrazole rings is 1. The minimum absolute atomic E-state index is 0.125. The molecule has 2 N–H and O–H groups in total. The summed E-state index contributed by atoms with van der Waals surface area (Å²) in [5.74, 6) is 0.650. The van der Waals surface area contributed by atoms with Crippen LogP contribution < -0.4 is 5.32 Å². The Labute approximate surface area is 89.7 Å². The van der Waals surface area contributed by atoms with Crippen LogP contribution in [0.4, 0.5) is 0 Å². The number of rotatable bonds is 6. The molecule has 0 spiro atoms. The summed E-state index contributed by atoms with van der Waals surface area (Å²) in [7, 11) is 1.73. The predicted molar refractivity (Wildman–Crippen MR) is 56.0 cm³/mol. The van der Waals surface area contributed by atoms with Gasteiger partial charge in [0.1, 0.15) is 0 Å². The summed E-state index contributed by atoms with van der Waals surface area (Å²) >= 11 is 0. The fraction of sp³-hybridized carbons (Fsp3) is 0.889. The van der Waals surface area contributed by atoms with Crippen molar-refractivity contribution in [2.75, 3.05) is 6.61 Å². The molecule has 0 aliphatic carbocycles. The third-order valence-corrected chi connectivity index (χ3v) is 2.83. The number of aliphatic hydroxyl groups is 1. The largest absolute Gasteiger partial charge is 0.394 e. The zero-order chi connectivity index (χ0) is 11.3.